The van der Waals surface area contributed by atoms with E-state index in [0.717, 1.165) is 0 Å². The number of nitrogens with zero attached hydrogens (tertiary/aromatic N) is 1. The zero-order chi connectivity index (χ0) is 12.4. The highest BCUT2D eigenvalue weighted by Crippen LogP contribution is 2.28. The fourth-order valence-corrected chi connectivity index (χ4v) is 2.70. The van der Waals surface area contributed by atoms with Gasteiger partial charge in [-0.25, -0.2) is 0 Å². The number of hydrogen-bond acceptors (Lipinski definition) is 1. The van der Waals surface area contributed by atoms with Crippen LogP contribution in [0.3, 0.4) is 0 Å². The van der Waals surface area contributed by atoms with Gasteiger partial charge in [-0.3, -0.25) is 4.90 Å². The van der Waals surface area contributed by atoms with E-state index in [9.17, 15) is 0 Å². The minimum Gasteiger partial charge on any atom is -0.298 e. The van der Waals surface area contributed by atoms with Crippen LogP contribution in [0.5, 0.6) is 0 Å². The monoisotopic (exact) mass is 227 g/mol. The van der Waals surface area contributed by atoms with Crippen molar-refractivity contribution in [3.8, 4) is 0 Å². The summed E-state index contributed by atoms with van der Waals surface area (Å²) < 4.78 is 0. The van der Waals surface area contributed by atoms with Crippen LogP contribution in [0.2, 0.25) is 0 Å². The Morgan fingerprint density at radius 1 is 0.688 bits per heavy atom. The van der Waals surface area contributed by atoms with Crippen LogP contribution in [0, 0.1) is 0 Å². The first-order chi connectivity index (χ1) is 7.70. The Kier molecular flexibility index (Phi) is 9.02. The van der Waals surface area contributed by atoms with E-state index in [-0.39, 0.29) is 0 Å². The fraction of sp³-hybridized carbons (Fsp3) is 1.00. The molecule has 0 unspecified atom stereocenters. The first-order valence-electron chi connectivity index (χ1n) is 7.45. The second-order valence-electron chi connectivity index (χ2n) is 4.98. The Labute approximate surface area is 104 Å². The highest BCUT2D eigenvalue weighted by atomic mass is 15.2. The maximum atomic E-state index is 2.78. The second kappa shape index (κ2) is 9.04. The SMILES string of the molecule is CCCCN(CCCC)C(CC)(CC)CC. The van der Waals surface area contributed by atoms with Crippen molar-refractivity contribution in [2.75, 3.05) is 13.1 Å². The van der Waals surface area contributed by atoms with Gasteiger partial charge in [0.25, 0.3) is 0 Å². The van der Waals surface area contributed by atoms with Gasteiger partial charge in [-0.15, -0.1) is 0 Å². The molecule has 0 spiro atoms. The van der Waals surface area contributed by atoms with Gasteiger partial charge >= 0.3 is 0 Å². The molecule has 16 heavy (non-hydrogen) atoms. The molecule has 0 saturated carbocycles. The van der Waals surface area contributed by atoms with Crippen LogP contribution >= 0.6 is 0 Å². The van der Waals surface area contributed by atoms with Crippen LogP contribution in [0.1, 0.15) is 79.6 Å². The topological polar surface area (TPSA) is 3.24 Å². The van der Waals surface area contributed by atoms with E-state index in [2.05, 4.69) is 39.5 Å². The van der Waals surface area contributed by atoms with E-state index in [1.165, 1.54) is 58.0 Å². The Morgan fingerprint density at radius 2 is 1.06 bits per heavy atom. The molecule has 0 aliphatic rings. The lowest BCUT2D eigenvalue weighted by molar-refractivity contribution is 0.0702. The molecule has 0 atom stereocenters. The average Bonchev–Trinajstić information content (AvgIpc) is 2.34. The van der Waals surface area contributed by atoms with Gasteiger partial charge in [-0.2, -0.15) is 0 Å². The van der Waals surface area contributed by atoms with Crippen molar-refractivity contribution in [2.24, 2.45) is 0 Å². The molecule has 0 heterocycles. The van der Waals surface area contributed by atoms with Crippen molar-refractivity contribution in [1.29, 1.82) is 0 Å². The Bertz CT molecular complexity index is 133. The Balaban J connectivity index is 4.52. The molecule has 0 aromatic heterocycles. The van der Waals surface area contributed by atoms with Crippen molar-refractivity contribution in [2.45, 2.75) is 85.1 Å². The Morgan fingerprint density at radius 3 is 1.31 bits per heavy atom. The quantitative estimate of drug-likeness (QED) is 0.515. The molecule has 0 saturated heterocycles. The molecular weight excluding hydrogens is 194 g/mol. The zero-order valence-corrected chi connectivity index (χ0v) is 12.3. The van der Waals surface area contributed by atoms with Gasteiger partial charge in [0.05, 0.1) is 0 Å². The standard InChI is InChI=1S/C15H33N/c1-6-11-13-16(14-12-7-2)15(8-3,9-4)10-5/h6-14H2,1-5H3. The number of rotatable bonds is 10. The van der Waals surface area contributed by atoms with E-state index in [1.54, 1.807) is 0 Å². The van der Waals surface area contributed by atoms with Crippen LogP contribution in [-0.4, -0.2) is 23.5 Å². The third-order valence-corrected chi connectivity index (χ3v) is 4.21. The van der Waals surface area contributed by atoms with Gasteiger partial charge in [0, 0.05) is 5.54 Å². The summed E-state index contributed by atoms with van der Waals surface area (Å²) in [6.07, 6.45) is 9.23. The van der Waals surface area contributed by atoms with E-state index < -0.39 is 0 Å². The predicted octanol–water partition coefficient (Wildman–Crippen LogP) is 4.86. The maximum Gasteiger partial charge on any atom is 0.0201 e. The van der Waals surface area contributed by atoms with Crippen LogP contribution in [-0.2, 0) is 0 Å². The van der Waals surface area contributed by atoms with E-state index in [0.29, 0.717) is 5.54 Å². The average molecular weight is 227 g/mol. The molecular formula is C15H33N. The number of hydrogen-bond donors (Lipinski definition) is 0. The number of unbranched alkanes of at least 4 members (excludes halogenated alkanes) is 2. The molecule has 0 bridgehead atoms. The lowest BCUT2D eigenvalue weighted by Crippen LogP contribution is -2.48. The van der Waals surface area contributed by atoms with Crippen LogP contribution in [0.15, 0.2) is 0 Å². The molecule has 0 aliphatic carbocycles. The molecule has 0 aliphatic heterocycles. The Hall–Kier alpha value is -0.0400. The van der Waals surface area contributed by atoms with Crippen LogP contribution < -0.4 is 0 Å². The molecule has 1 nitrogen and oxygen atoms in total. The summed E-state index contributed by atoms with van der Waals surface area (Å²) in [7, 11) is 0. The summed E-state index contributed by atoms with van der Waals surface area (Å²) in [6, 6.07) is 0. The van der Waals surface area contributed by atoms with E-state index in [1.807, 2.05) is 0 Å². The molecule has 0 rings (SSSR count). The highest BCUT2D eigenvalue weighted by molar-refractivity contribution is 4.87. The third kappa shape index (κ3) is 4.45. The van der Waals surface area contributed by atoms with E-state index >= 15 is 0 Å². The highest BCUT2D eigenvalue weighted by Gasteiger charge is 2.30. The molecule has 98 valence electrons. The first-order valence-corrected chi connectivity index (χ1v) is 7.45. The van der Waals surface area contributed by atoms with Crippen molar-refractivity contribution in [1.82, 2.24) is 4.90 Å². The molecule has 0 radical (unpaired) electrons. The molecule has 1 heteroatoms. The lowest BCUT2D eigenvalue weighted by atomic mass is 9.87. The van der Waals surface area contributed by atoms with Gasteiger partial charge in [0.2, 0.25) is 0 Å². The largest absolute Gasteiger partial charge is 0.298 e. The van der Waals surface area contributed by atoms with Gasteiger partial charge in [0.1, 0.15) is 0 Å². The van der Waals surface area contributed by atoms with Gasteiger partial charge in [0.15, 0.2) is 0 Å². The van der Waals surface area contributed by atoms with Crippen LogP contribution in [0.25, 0.3) is 0 Å². The molecule has 0 aromatic carbocycles. The summed E-state index contributed by atoms with van der Waals surface area (Å²) in [4.78, 5) is 2.78. The molecule has 0 aromatic rings. The van der Waals surface area contributed by atoms with Gasteiger partial charge in [-0.1, -0.05) is 47.5 Å². The van der Waals surface area contributed by atoms with E-state index in [4.69, 9.17) is 0 Å². The van der Waals surface area contributed by atoms with Gasteiger partial charge < -0.3 is 0 Å². The zero-order valence-electron chi connectivity index (χ0n) is 12.3. The summed E-state index contributed by atoms with van der Waals surface area (Å²) in [5.74, 6) is 0. The van der Waals surface area contributed by atoms with Crippen molar-refractivity contribution in [3.63, 3.8) is 0 Å². The first kappa shape index (κ1) is 16.0. The summed E-state index contributed by atoms with van der Waals surface area (Å²) in [5.41, 5.74) is 0.477. The smallest absolute Gasteiger partial charge is 0.0201 e. The lowest BCUT2D eigenvalue weighted by Gasteiger charge is -2.43. The minimum atomic E-state index is 0.477. The van der Waals surface area contributed by atoms with Crippen LogP contribution in [0.4, 0.5) is 0 Å². The summed E-state index contributed by atoms with van der Waals surface area (Å²) >= 11 is 0. The van der Waals surface area contributed by atoms with Gasteiger partial charge in [-0.05, 0) is 45.2 Å². The van der Waals surface area contributed by atoms with Crippen molar-refractivity contribution >= 4 is 0 Å². The van der Waals surface area contributed by atoms with Crippen molar-refractivity contribution in [3.05, 3.63) is 0 Å². The predicted molar refractivity (Wildman–Crippen MR) is 75.0 cm³/mol. The van der Waals surface area contributed by atoms with Crippen molar-refractivity contribution < 1.29 is 0 Å². The molecule has 0 N–H and O–H groups in total. The second-order valence-corrected chi connectivity index (χ2v) is 4.98. The summed E-state index contributed by atoms with van der Waals surface area (Å²) in [6.45, 7) is 14.3. The normalized spacial score (nSPS) is 12.4. The summed E-state index contributed by atoms with van der Waals surface area (Å²) in [5, 5.41) is 0. The minimum absolute atomic E-state index is 0.477. The maximum absolute atomic E-state index is 2.78. The molecule has 0 amide bonds. The fourth-order valence-electron chi connectivity index (χ4n) is 2.70. The molecule has 0 fully saturated rings. The third-order valence-electron chi connectivity index (χ3n) is 4.21.